The molecule has 0 amide bonds. The van der Waals surface area contributed by atoms with E-state index >= 15 is 0 Å². The fourth-order valence-electron chi connectivity index (χ4n) is 3.57. The lowest BCUT2D eigenvalue weighted by molar-refractivity contribution is 0.254. The van der Waals surface area contributed by atoms with Gasteiger partial charge in [-0.1, -0.05) is 42.5 Å². The van der Waals surface area contributed by atoms with Gasteiger partial charge in [0.15, 0.2) is 0 Å². The molecule has 0 radical (unpaired) electrons. The van der Waals surface area contributed by atoms with Gasteiger partial charge in [0.25, 0.3) is 0 Å². The molecule has 5 rings (SSSR count). The summed E-state index contributed by atoms with van der Waals surface area (Å²) in [7, 11) is 4.05. The van der Waals surface area contributed by atoms with Gasteiger partial charge in [0.1, 0.15) is 12.3 Å². The van der Waals surface area contributed by atoms with Crippen molar-refractivity contribution >= 4 is 37.3 Å². The van der Waals surface area contributed by atoms with E-state index in [1.807, 2.05) is 26.2 Å². The Kier molecular flexibility index (Phi) is 5.75. The van der Waals surface area contributed by atoms with E-state index in [2.05, 4.69) is 73.9 Å². The Hall–Kier alpha value is -3.42. The molecular weight excluding hydrogens is 418 g/mol. The minimum absolute atomic E-state index is 0.628. The Balaban J connectivity index is 1.23. The predicted molar refractivity (Wildman–Crippen MR) is 133 cm³/mol. The standard InChI is InChI=1S/C25H25N5OS/c1-30(2)13-14-31-22-12-11-19(16-27-22)26-15-17-7-9-18(10-8-17)23-25-24(29-28-23)20-5-3-4-6-21(20)32-25/h3-12,16,26H,13-15H2,1-2H3,(H,28,29). The summed E-state index contributed by atoms with van der Waals surface area (Å²) >= 11 is 1.78. The molecular formula is C25H25N5OS. The van der Waals surface area contributed by atoms with Gasteiger partial charge in [-0.3, -0.25) is 5.10 Å². The zero-order chi connectivity index (χ0) is 21.9. The number of benzene rings is 2. The molecule has 32 heavy (non-hydrogen) atoms. The Bertz CT molecular complexity index is 1320. The first-order valence-electron chi connectivity index (χ1n) is 10.6. The van der Waals surface area contributed by atoms with E-state index < -0.39 is 0 Å². The number of pyridine rings is 1. The van der Waals surface area contributed by atoms with Crippen LogP contribution in [0.5, 0.6) is 5.88 Å². The first-order valence-corrected chi connectivity index (χ1v) is 11.4. The lowest BCUT2D eigenvalue weighted by Gasteiger charge is -2.11. The highest BCUT2D eigenvalue weighted by Crippen LogP contribution is 2.38. The topological polar surface area (TPSA) is 66.1 Å². The van der Waals surface area contributed by atoms with Crippen LogP contribution in [0.1, 0.15) is 5.56 Å². The Morgan fingerprint density at radius 3 is 2.66 bits per heavy atom. The predicted octanol–water partition coefficient (Wildman–Crippen LogP) is 5.39. The Morgan fingerprint density at radius 1 is 1.03 bits per heavy atom. The van der Waals surface area contributed by atoms with Crippen LogP contribution < -0.4 is 10.1 Å². The van der Waals surface area contributed by atoms with Gasteiger partial charge >= 0.3 is 0 Å². The third-order valence-electron chi connectivity index (χ3n) is 5.34. The lowest BCUT2D eigenvalue weighted by Crippen LogP contribution is -2.19. The molecule has 0 fully saturated rings. The molecule has 0 unspecified atom stereocenters. The first kappa shape index (κ1) is 20.5. The van der Waals surface area contributed by atoms with Crippen LogP contribution in [0.4, 0.5) is 5.69 Å². The molecule has 2 N–H and O–H groups in total. The summed E-state index contributed by atoms with van der Waals surface area (Å²) in [6.45, 7) is 2.22. The van der Waals surface area contributed by atoms with Gasteiger partial charge in [-0.15, -0.1) is 11.3 Å². The molecule has 3 aromatic heterocycles. The number of ether oxygens (including phenoxy) is 1. The van der Waals surface area contributed by atoms with Gasteiger partial charge in [-0.05, 0) is 31.8 Å². The molecule has 2 aromatic carbocycles. The van der Waals surface area contributed by atoms with Gasteiger partial charge in [-0.25, -0.2) is 4.98 Å². The summed E-state index contributed by atoms with van der Waals surface area (Å²) in [6, 6.07) is 20.9. The number of fused-ring (bicyclic) bond motifs is 3. The van der Waals surface area contributed by atoms with Crippen molar-refractivity contribution in [1.29, 1.82) is 0 Å². The van der Waals surface area contributed by atoms with Crippen molar-refractivity contribution < 1.29 is 4.74 Å². The third kappa shape index (κ3) is 4.30. The van der Waals surface area contributed by atoms with Crippen molar-refractivity contribution in [3.05, 3.63) is 72.4 Å². The maximum absolute atomic E-state index is 5.64. The van der Waals surface area contributed by atoms with Crippen LogP contribution in [0.25, 0.3) is 31.6 Å². The van der Waals surface area contributed by atoms with Crippen LogP contribution in [0, 0.1) is 0 Å². The molecule has 7 heteroatoms. The van der Waals surface area contributed by atoms with Gasteiger partial charge in [0.2, 0.25) is 5.88 Å². The summed E-state index contributed by atoms with van der Waals surface area (Å²) < 4.78 is 8.13. The van der Waals surface area contributed by atoms with E-state index in [0.717, 1.165) is 35.6 Å². The van der Waals surface area contributed by atoms with E-state index in [9.17, 15) is 0 Å². The highest BCUT2D eigenvalue weighted by Gasteiger charge is 2.13. The van der Waals surface area contributed by atoms with Crippen LogP contribution in [0.3, 0.4) is 0 Å². The first-order chi connectivity index (χ1) is 15.7. The normalized spacial score (nSPS) is 11.5. The van der Waals surface area contributed by atoms with Gasteiger partial charge in [0.05, 0.1) is 22.1 Å². The average Bonchev–Trinajstić information content (AvgIpc) is 3.38. The number of aromatic nitrogens is 3. The number of hydrogen-bond donors (Lipinski definition) is 2. The SMILES string of the molecule is CN(C)CCOc1ccc(NCc2ccc(-c3n[nH]c4c3sc3ccccc34)cc2)cn1. The number of likely N-dealkylation sites (N-methyl/N-ethyl adjacent to an activating group) is 1. The zero-order valence-corrected chi connectivity index (χ0v) is 18.9. The molecule has 6 nitrogen and oxygen atoms in total. The van der Waals surface area contributed by atoms with Gasteiger partial charge < -0.3 is 15.0 Å². The van der Waals surface area contributed by atoms with Crippen molar-refractivity contribution in [2.75, 3.05) is 32.6 Å². The van der Waals surface area contributed by atoms with Crippen molar-refractivity contribution in [2.24, 2.45) is 0 Å². The van der Waals surface area contributed by atoms with Crippen LogP contribution >= 0.6 is 11.3 Å². The summed E-state index contributed by atoms with van der Waals surface area (Å²) in [5.74, 6) is 0.647. The molecule has 0 aliphatic carbocycles. The number of aromatic amines is 1. The number of nitrogens with zero attached hydrogens (tertiary/aromatic N) is 3. The molecule has 3 heterocycles. The summed E-state index contributed by atoms with van der Waals surface area (Å²) in [4.78, 5) is 6.45. The van der Waals surface area contributed by atoms with Crippen LogP contribution in [-0.2, 0) is 6.54 Å². The molecule has 0 saturated carbocycles. The summed E-state index contributed by atoms with van der Waals surface area (Å²) in [5, 5.41) is 12.5. The molecule has 0 saturated heterocycles. The second-order valence-corrected chi connectivity index (χ2v) is 9.01. The highest BCUT2D eigenvalue weighted by atomic mass is 32.1. The number of hydrogen-bond acceptors (Lipinski definition) is 6. The van der Waals surface area contributed by atoms with E-state index in [4.69, 9.17) is 4.74 Å². The number of rotatable bonds is 8. The molecule has 0 spiro atoms. The zero-order valence-electron chi connectivity index (χ0n) is 18.1. The summed E-state index contributed by atoms with van der Waals surface area (Å²) in [5.41, 5.74) is 5.41. The smallest absolute Gasteiger partial charge is 0.213 e. The van der Waals surface area contributed by atoms with E-state index in [-0.39, 0.29) is 0 Å². The third-order valence-corrected chi connectivity index (χ3v) is 6.52. The van der Waals surface area contributed by atoms with E-state index in [0.29, 0.717) is 12.5 Å². The fraction of sp³-hybridized carbons (Fsp3) is 0.200. The van der Waals surface area contributed by atoms with Crippen molar-refractivity contribution in [3.8, 4) is 17.1 Å². The Morgan fingerprint density at radius 2 is 1.88 bits per heavy atom. The fourth-order valence-corrected chi connectivity index (χ4v) is 4.73. The number of anilines is 1. The maximum Gasteiger partial charge on any atom is 0.213 e. The largest absolute Gasteiger partial charge is 0.476 e. The minimum atomic E-state index is 0.628. The number of nitrogens with one attached hydrogen (secondary N) is 2. The quantitative estimate of drug-likeness (QED) is 0.336. The maximum atomic E-state index is 5.64. The Labute approximate surface area is 190 Å². The number of H-pyrrole nitrogens is 1. The minimum Gasteiger partial charge on any atom is -0.476 e. The molecule has 0 aliphatic rings. The van der Waals surface area contributed by atoms with Gasteiger partial charge in [0, 0.05) is 34.8 Å². The average molecular weight is 444 g/mol. The molecule has 162 valence electrons. The molecule has 0 bridgehead atoms. The molecule has 0 atom stereocenters. The van der Waals surface area contributed by atoms with Crippen LogP contribution in [0.2, 0.25) is 0 Å². The van der Waals surface area contributed by atoms with Crippen molar-refractivity contribution in [3.63, 3.8) is 0 Å². The van der Waals surface area contributed by atoms with Crippen LogP contribution in [-0.4, -0.2) is 47.3 Å². The molecule has 5 aromatic rings. The van der Waals surface area contributed by atoms with Crippen molar-refractivity contribution in [2.45, 2.75) is 6.54 Å². The second kappa shape index (κ2) is 8.98. The highest BCUT2D eigenvalue weighted by molar-refractivity contribution is 7.26. The molecule has 0 aliphatic heterocycles. The number of thiophene rings is 1. The second-order valence-electron chi connectivity index (χ2n) is 7.96. The summed E-state index contributed by atoms with van der Waals surface area (Å²) in [6.07, 6.45) is 1.81. The van der Waals surface area contributed by atoms with E-state index in [1.54, 1.807) is 17.5 Å². The van der Waals surface area contributed by atoms with Crippen molar-refractivity contribution in [1.82, 2.24) is 20.1 Å². The monoisotopic (exact) mass is 443 g/mol. The van der Waals surface area contributed by atoms with E-state index in [1.165, 1.54) is 20.3 Å². The van der Waals surface area contributed by atoms with Gasteiger partial charge in [-0.2, -0.15) is 5.10 Å². The van der Waals surface area contributed by atoms with Crippen LogP contribution in [0.15, 0.2) is 66.9 Å². The lowest BCUT2D eigenvalue weighted by atomic mass is 10.1.